The van der Waals surface area contributed by atoms with Gasteiger partial charge < -0.3 is 4.42 Å². The average molecular weight is 370 g/mol. The Hall–Kier alpha value is -2.60. The van der Waals surface area contributed by atoms with Gasteiger partial charge in [0.25, 0.3) is 10.0 Å². The molecule has 0 aliphatic heterocycles. The SMILES string of the molecule is Cc1ncc(-c2ccc(NS(=O)(=O)c3ccc(C(C)(C)C)cc3)cc2)o1. The van der Waals surface area contributed by atoms with Gasteiger partial charge in [0, 0.05) is 18.2 Å². The minimum atomic E-state index is -3.63. The normalized spacial score (nSPS) is 12.2. The van der Waals surface area contributed by atoms with Gasteiger partial charge in [-0.2, -0.15) is 0 Å². The highest BCUT2D eigenvalue weighted by atomic mass is 32.2. The summed E-state index contributed by atoms with van der Waals surface area (Å²) in [6, 6.07) is 14.0. The van der Waals surface area contributed by atoms with Crippen molar-refractivity contribution in [3.05, 3.63) is 66.2 Å². The van der Waals surface area contributed by atoms with Crippen LogP contribution in [-0.4, -0.2) is 13.4 Å². The van der Waals surface area contributed by atoms with Crippen molar-refractivity contribution in [3.63, 3.8) is 0 Å². The lowest BCUT2D eigenvalue weighted by Gasteiger charge is -2.19. The fourth-order valence-corrected chi connectivity index (χ4v) is 3.60. The zero-order valence-corrected chi connectivity index (χ0v) is 16.1. The molecule has 0 saturated carbocycles. The first-order chi connectivity index (χ1) is 12.1. The van der Waals surface area contributed by atoms with Crippen LogP contribution < -0.4 is 4.72 Å². The van der Waals surface area contributed by atoms with E-state index in [4.69, 9.17) is 4.42 Å². The number of aromatic nitrogens is 1. The van der Waals surface area contributed by atoms with Crippen LogP contribution in [0, 0.1) is 6.92 Å². The molecule has 26 heavy (non-hydrogen) atoms. The number of benzene rings is 2. The van der Waals surface area contributed by atoms with Crippen molar-refractivity contribution in [3.8, 4) is 11.3 Å². The second-order valence-corrected chi connectivity index (χ2v) is 8.88. The first-order valence-corrected chi connectivity index (χ1v) is 9.80. The van der Waals surface area contributed by atoms with Crippen molar-refractivity contribution >= 4 is 15.7 Å². The third-order valence-corrected chi connectivity index (χ3v) is 5.47. The number of hydrogen-bond donors (Lipinski definition) is 1. The maximum Gasteiger partial charge on any atom is 0.261 e. The monoisotopic (exact) mass is 370 g/mol. The van der Waals surface area contributed by atoms with Gasteiger partial charge in [-0.15, -0.1) is 0 Å². The van der Waals surface area contributed by atoms with E-state index in [9.17, 15) is 8.42 Å². The third-order valence-electron chi connectivity index (χ3n) is 4.07. The molecule has 2 aromatic carbocycles. The summed E-state index contributed by atoms with van der Waals surface area (Å²) in [5, 5.41) is 0. The summed E-state index contributed by atoms with van der Waals surface area (Å²) in [7, 11) is -3.63. The van der Waals surface area contributed by atoms with Crippen molar-refractivity contribution in [2.45, 2.75) is 38.0 Å². The summed E-state index contributed by atoms with van der Waals surface area (Å²) in [6.45, 7) is 8.04. The Kier molecular flexibility index (Phi) is 4.63. The van der Waals surface area contributed by atoms with Gasteiger partial charge in [-0.1, -0.05) is 32.9 Å². The van der Waals surface area contributed by atoms with Crippen LogP contribution in [-0.2, 0) is 15.4 Å². The van der Waals surface area contributed by atoms with E-state index < -0.39 is 10.0 Å². The van der Waals surface area contributed by atoms with Crippen LogP contribution >= 0.6 is 0 Å². The van der Waals surface area contributed by atoms with Gasteiger partial charge in [0.2, 0.25) is 0 Å². The number of nitrogens with zero attached hydrogens (tertiary/aromatic N) is 1. The van der Waals surface area contributed by atoms with E-state index in [0.717, 1.165) is 11.1 Å². The molecular weight excluding hydrogens is 348 g/mol. The molecule has 0 unspecified atom stereocenters. The number of aryl methyl sites for hydroxylation is 1. The number of hydrogen-bond acceptors (Lipinski definition) is 4. The molecule has 0 fully saturated rings. The molecule has 0 saturated heterocycles. The van der Waals surface area contributed by atoms with Crippen LogP contribution in [0.2, 0.25) is 0 Å². The van der Waals surface area contributed by atoms with E-state index in [-0.39, 0.29) is 10.3 Å². The topological polar surface area (TPSA) is 72.2 Å². The maximum absolute atomic E-state index is 12.6. The number of nitrogens with one attached hydrogen (secondary N) is 1. The average Bonchev–Trinajstić information content (AvgIpc) is 3.01. The molecule has 0 amide bonds. The molecule has 1 aromatic heterocycles. The quantitative estimate of drug-likeness (QED) is 0.719. The molecule has 0 bridgehead atoms. The zero-order valence-electron chi connectivity index (χ0n) is 15.3. The standard InChI is InChI=1S/C20H22N2O3S/c1-14-21-13-19(25-14)15-5-9-17(10-6-15)22-26(23,24)18-11-7-16(8-12-18)20(2,3)4/h5-13,22H,1-4H3. The Balaban J connectivity index is 1.79. The summed E-state index contributed by atoms with van der Waals surface area (Å²) < 4.78 is 33.2. The van der Waals surface area contributed by atoms with Crippen LogP contribution in [0.3, 0.4) is 0 Å². The molecule has 0 spiro atoms. The van der Waals surface area contributed by atoms with Crippen molar-refractivity contribution in [1.82, 2.24) is 4.98 Å². The summed E-state index contributed by atoms with van der Waals surface area (Å²) >= 11 is 0. The Bertz CT molecular complexity index is 996. The molecule has 1 heterocycles. The van der Waals surface area contributed by atoms with Crippen LogP contribution in [0.15, 0.2) is 64.0 Å². The predicted octanol–water partition coefficient (Wildman–Crippen LogP) is 4.75. The van der Waals surface area contributed by atoms with Gasteiger partial charge >= 0.3 is 0 Å². The molecule has 0 atom stereocenters. The predicted molar refractivity (Wildman–Crippen MR) is 103 cm³/mol. The molecule has 0 radical (unpaired) electrons. The molecule has 0 aliphatic carbocycles. The van der Waals surface area contributed by atoms with Crippen LogP contribution in [0.4, 0.5) is 5.69 Å². The fraction of sp³-hybridized carbons (Fsp3) is 0.250. The Morgan fingerprint density at radius 1 is 0.962 bits per heavy atom. The van der Waals surface area contributed by atoms with Crippen molar-refractivity contribution in [2.75, 3.05) is 4.72 Å². The molecule has 1 N–H and O–H groups in total. The summed E-state index contributed by atoms with van der Waals surface area (Å²) in [5.41, 5.74) is 2.39. The van der Waals surface area contributed by atoms with Crippen LogP contribution in [0.25, 0.3) is 11.3 Å². The van der Waals surface area contributed by atoms with Crippen molar-refractivity contribution in [2.24, 2.45) is 0 Å². The second kappa shape index (κ2) is 6.61. The van der Waals surface area contributed by atoms with Gasteiger partial charge in [-0.3, -0.25) is 4.72 Å². The maximum atomic E-state index is 12.6. The second-order valence-electron chi connectivity index (χ2n) is 7.20. The highest BCUT2D eigenvalue weighted by Gasteiger charge is 2.17. The lowest BCUT2D eigenvalue weighted by molar-refractivity contribution is 0.534. The smallest absolute Gasteiger partial charge is 0.261 e. The zero-order chi connectivity index (χ0) is 18.9. The van der Waals surface area contributed by atoms with Crippen molar-refractivity contribution < 1.29 is 12.8 Å². The Morgan fingerprint density at radius 2 is 1.58 bits per heavy atom. The van der Waals surface area contributed by atoms with E-state index in [2.05, 4.69) is 30.5 Å². The number of rotatable bonds is 4. The molecule has 3 rings (SSSR count). The summed E-state index contributed by atoms with van der Waals surface area (Å²) in [5.74, 6) is 1.23. The lowest BCUT2D eigenvalue weighted by atomic mass is 9.87. The fourth-order valence-electron chi connectivity index (χ4n) is 2.55. The Morgan fingerprint density at radius 3 is 2.08 bits per heavy atom. The van der Waals surface area contributed by atoms with Gasteiger partial charge in [0.05, 0.1) is 11.1 Å². The summed E-state index contributed by atoms with van der Waals surface area (Å²) in [6.07, 6.45) is 1.64. The summed E-state index contributed by atoms with van der Waals surface area (Å²) in [4.78, 5) is 4.30. The Labute approximate surface area is 154 Å². The molecule has 3 aromatic rings. The van der Waals surface area contributed by atoms with Gasteiger partial charge in [0.15, 0.2) is 11.7 Å². The minimum Gasteiger partial charge on any atom is -0.441 e. The van der Waals surface area contributed by atoms with Gasteiger partial charge in [-0.25, -0.2) is 13.4 Å². The molecule has 0 aliphatic rings. The molecular formula is C20H22N2O3S. The van der Waals surface area contributed by atoms with E-state index in [1.54, 1.807) is 49.5 Å². The van der Waals surface area contributed by atoms with Gasteiger partial charge in [0.1, 0.15) is 0 Å². The largest absolute Gasteiger partial charge is 0.441 e. The van der Waals surface area contributed by atoms with Crippen LogP contribution in [0.1, 0.15) is 32.2 Å². The molecule has 6 heteroatoms. The minimum absolute atomic E-state index is 0.0232. The van der Waals surface area contributed by atoms with Crippen molar-refractivity contribution in [1.29, 1.82) is 0 Å². The first-order valence-electron chi connectivity index (χ1n) is 8.31. The number of oxazole rings is 1. The third kappa shape index (κ3) is 3.96. The van der Waals surface area contributed by atoms with Crippen LogP contribution in [0.5, 0.6) is 0 Å². The number of sulfonamides is 1. The lowest BCUT2D eigenvalue weighted by Crippen LogP contribution is -2.14. The highest BCUT2D eigenvalue weighted by Crippen LogP contribution is 2.26. The molecule has 5 nitrogen and oxygen atoms in total. The highest BCUT2D eigenvalue weighted by molar-refractivity contribution is 7.92. The van der Waals surface area contributed by atoms with E-state index in [1.807, 2.05) is 12.1 Å². The van der Waals surface area contributed by atoms with E-state index in [1.165, 1.54) is 0 Å². The van der Waals surface area contributed by atoms with Gasteiger partial charge in [-0.05, 0) is 47.4 Å². The van der Waals surface area contributed by atoms with E-state index in [0.29, 0.717) is 17.3 Å². The van der Waals surface area contributed by atoms with E-state index >= 15 is 0 Å². The first kappa shape index (κ1) is 18.2. The number of anilines is 1. The molecule has 136 valence electrons.